The van der Waals surface area contributed by atoms with Gasteiger partial charge in [-0.15, -0.1) is 24.2 Å². The largest absolute Gasteiger partial charge is 2.00 e. The minimum absolute atomic E-state index is 0. The fourth-order valence-electron chi connectivity index (χ4n) is 5.01. The van der Waals surface area contributed by atoms with Crippen molar-refractivity contribution in [2.45, 2.75) is 127 Å². The second-order valence-electron chi connectivity index (χ2n) is 11.1. The second kappa shape index (κ2) is 24.5. The molecular formula is C30H46N4O8Pt2. The second-order valence-corrected chi connectivity index (χ2v) is 11.1. The van der Waals surface area contributed by atoms with Crippen molar-refractivity contribution in [1.82, 2.24) is 0 Å². The van der Waals surface area contributed by atoms with Crippen LogP contribution in [0, 0.1) is 0 Å². The third kappa shape index (κ3) is 18.3. The number of hydrogen-bond acceptors (Lipinski definition) is 4. The molecule has 44 heavy (non-hydrogen) atoms. The maximum Gasteiger partial charge on any atom is 2.00 e. The Hall–Kier alpha value is -1.68. The van der Waals surface area contributed by atoms with Crippen LogP contribution in [0.15, 0.2) is 12.1 Å². The molecule has 4 saturated carbocycles. The number of aromatic carboxylic acids is 4. The van der Waals surface area contributed by atoms with Crippen LogP contribution in [0.2, 0.25) is 0 Å². The van der Waals surface area contributed by atoms with Crippen LogP contribution in [0.1, 0.15) is 144 Å². The van der Waals surface area contributed by atoms with Crippen LogP contribution >= 0.6 is 0 Å². The van der Waals surface area contributed by atoms with Crippen LogP contribution in [0.25, 0.3) is 22.9 Å². The van der Waals surface area contributed by atoms with Gasteiger partial charge in [0.2, 0.25) is 0 Å². The number of hydrogen-bond donors (Lipinski definition) is 4. The normalized spacial score (nSPS) is 17.9. The molecule has 4 fully saturated rings. The number of benzene rings is 1. The molecule has 0 unspecified atom stereocenters. The van der Waals surface area contributed by atoms with E-state index in [-0.39, 0.29) is 42.1 Å². The first-order valence-electron chi connectivity index (χ1n) is 14.8. The molecule has 0 saturated heterocycles. The predicted octanol–water partition coefficient (Wildman–Crippen LogP) is 8.40. The molecule has 1 aromatic carbocycles. The van der Waals surface area contributed by atoms with Crippen molar-refractivity contribution in [3.63, 3.8) is 0 Å². The van der Waals surface area contributed by atoms with Crippen LogP contribution < -0.4 is 0 Å². The summed E-state index contributed by atoms with van der Waals surface area (Å²) in [5.41, 5.74) is 25.4. The Morgan fingerprint density at radius 1 is 0.409 bits per heavy atom. The number of rotatable bonds is 4. The first-order valence-corrected chi connectivity index (χ1v) is 14.8. The molecule has 0 radical (unpaired) electrons. The van der Waals surface area contributed by atoms with Crippen molar-refractivity contribution in [1.29, 1.82) is 0 Å². The van der Waals surface area contributed by atoms with Gasteiger partial charge in [-0.25, -0.2) is 19.2 Å². The molecule has 12 nitrogen and oxygen atoms in total. The molecule has 0 heterocycles. The van der Waals surface area contributed by atoms with Gasteiger partial charge in [0, 0.05) is 0 Å². The zero-order valence-corrected chi connectivity index (χ0v) is 29.4. The van der Waals surface area contributed by atoms with Gasteiger partial charge in [-0.2, -0.15) is 0 Å². The van der Waals surface area contributed by atoms with Crippen LogP contribution in [-0.4, -0.2) is 68.5 Å². The fraction of sp³-hybridized carbons (Fsp3) is 0.667. The van der Waals surface area contributed by atoms with E-state index in [1.165, 1.54) is 51.4 Å². The molecule has 0 amide bonds. The number of nitrogens with one attached hydrogen (secondary N) is 4. The van der Waals surface area contributed by atoms with E-state index in [9.17, 15) is 19.2 Å². The Morgan fingerprint density at radius 3 is 0.614 bits per heavy atom. The van der Waals surface area contributed by atoms with E-state index in [0.29, 0.717) is 36.3 Å². The van der Waals surface area contributed by atoms with Gasteiger partial charge in [0.05, 0.1) is 22.3 Å². The van der Waals surface area contributed by atoms with Crippen molar-refractivity contribution >= 4 is 23.9 Å². The van der Waals surface area contributed by atoms with Crippen LogP contribution in [0.3, 0.4) is 0 Å². The number of carboxylic acid groups (broad SMARTS) is 4. The summed E-state index contributed by atoms with van der Waals surface area (Å²) in [5.74, 6) is -6.64. The fourth-order valence-corrected chi connectivity index (χ4v) is 5.01. The van der Waals surface area contributed by atoms with E-state index in [0.717, 1.165) is 51.4 Å². The molecular weight excluding hydrogens is 935 g/mol. The standard InChI is InChI=1S/C10H6O8.4C5H10N.2Pt/c11-7(12)3-1-4(8(13)14)6(10(17)18)2-5(3)9(15)16;4*6-5-3-1-2-4-5;;/h1-2H,(H,11,12)(H,13,14)(H,15,16)(H,17,18);4*5-6H,1-4H2;;/q;4*-1;2*+2. The summed E-state index contributed by atoms with van der Waals surface area (Å²) < 4.78 is 0. The van der Waals surface area contributed by atoms with Crippen molar-refractivity contribution in [2.24, 2.45) is 0 Å². The first-order chi connectivity index (χ1) is 19.8. The average molecular weight is 981 g/mol. The Bertz CT molecular complexity index is 853. The molecule has 5 rings (SSSR count). The zero-order valence-electron chi connectivity index (χ0n) is 24.8. The third-order valence-electron chi connectivity index (χ3n) is 7.50. The molecule has 1 aromatic rings. The number of carboxylic acids is 4. The SMILES string of the molecule is O=C(O)c1cc(C(=O)O)c(C(=O)O)cc1C(=O)O.[NH-]C1CCCC1.[NH-]C1CCCC1.[NH-]C1CCCC1.[NH-]C1CCCC1.[Pt+2].[Pt+2]. The molecule has 0 bridgehead atoms. The molecule has 254 valence electrons. The van der Waals surface area contributed by atoms with Gasteiger partial charge >= 0.3 is 66.0 Å². The van der Waals surface area contributed by atoms with E-state index in [4.69, 9.17) is 43.4 Å². The van der Waals surface area contributed by atoms with Gasteiger partial charge < -0.3 is 43.4 Å². The third-order valence-corrected chi connectivity index (χ3v) is 7.50. The molecule has 0 spiro atoms. The molecule has 4 aliphatic rings. The van der Waals surface area contributed by atoms with Crippen LogP contribution in [-0.2, 0) is 42.1 Å². The maximum absolute atomic E-state index is 10.8. The molecule has 0 aliphatic heterocycles. The molecule has 4 aliphatic carbocycles. The van der Waals surface area contributed by atoms with E-state index < -0.39 is 46.1 Å². The van der Waals surface area contributed by atoms with Gasteiger partial charge in [-0.05, 0) is 12.1 Å². The summed E-state index contributed by atoms with van der Waals surface area (Å²) in [6.45, 7) is 0. The Balaban J connectivity index is 0. The van der Waals surface area contributed by atoms with Crippen molar-refractivity contribution in [2.75, 3.05) is 0 Å². The minimum atomic E-state index is -1.66. The summed E-state index contributed by atoms with van der Waals surface area (Å²) in [4.78, 5) is 43.1. The van der Waals surface area contributed by atoms with Crippen molar-refractivity contribution in [3.8, 4) is 0 Å². The van der Waals surface area contributed by atoms with E-state index in [1.807, 2.05) is 0 Å². The first kappa shape index (κ1) is 44.4. The Morgan fingerprint density at radius 2 is 0.545 bits per heavy atom. The van der Waals surface area contributed by atoms with Crippen LogP contribution in [0.4, 0.5) is 0 Å². The predicted molar refractivity (Wildman–Crippen MR) is 161 cm³/mol. The number of carbonyl (C=O) groups is 4. The van der Waals surface area contributed by atoms with Crippen molar-refractivity contribution < 1.29 is 81.7 Å². The molecule has 0 atom stereocenters. The maximum atomic E-state index is 10.8. The molecule has 8 N–H and O–H groups in total. The quantitative estimate of drug-likeness (QED) is 0.228. The van der Waals surface area contributed by atoms with Crippen LogP contribution in [0.5, 0.6) is 0 Å². The van der Waals surface area contributed by atoms with Crippen molar-refractivity contribution in [3.05, 3.63) is 57.3 Å². The summed E-state index contributed by atoms with van der Waals surface area (Å²) in [7, 11) is 0. The zero-order chi connectivity index (χ0) is 31.7. The Labute approximate surface area is 288 Å². The molecule has 0 aromatic heterocycles. The van der Waals surface area contributed by atoms with Gasteiger partial charge in [0.25, 0.3) is 0 Å². The van der Waals surface area contributed by atoms with E-state index in [1.54, 1.807) is 0 Å². The van der Waals surface area contributed by atoms with E-state index in [2.05, 4.69) is 0 Å². The van der Waals surface area contributed by atoms with E-state index >= 15 is 0 Å². The molecule has 14 heteroatoms. The van der Waals surface area contributed by atoms with Gasteiger partial charge in [0.1, 0.15) is 0 Å². The summed E-state index contributed by atoms with van der Waals surface area (Å²) in [6.07, 6.45) is 19.6. The van der Waals surface area contributed by atoms with Gasteiger partial charge in [0.15, 0.2) is 0 Å². The summed E-state index contributed by atoms with van der Waals surface area (Å²) in [6, 6.07) is 2.21. The smallest absolute Gasteiger partial charge is 0.675 e. The minimum Gasteiger partial charge on any atom is -0.675 e. The Kier molecular flexibility index (Phi) is 24.8. The average Bonchev–Trinajstić information content (AvgIpc) is 3.76. The monoisotopic (exact) mass is 980 g/mol. The van der Waals surface area contributed by atoms with Gasteiger partial charge in [-0.3, -0.25) is 0 Å². The topological polar surface area (TPSA) is 244 Å². The van der Waals surface area contributed by atoms with Gasteiger partial charge in [-0.1, -0.05) is 103 Å². The summed E-state index contributed by atoms with van der Waals surface area (Å²) >= 11 is 0. The summed E-state index contributed by atoms with van der Waals surface area (Å²) in [5, 5.41) is 35.0.